The summed E-state index contributed by atoms with van der Waals surface area (Å²) in [6.45, 7) is 14.8. The summed E-state index contributed by atoms with van der Waals surface area (Å²) < 4.78 is 0. The minimum atomic E-state index is 0.736. The molecule has 0 N–H and O–H groups in total. The molecule has 100 valence electrons. The van der Waals surface area contributed by atoms with E-state index in [2.05, 4.69) is 37.5 Å². The Bertz CT molecular complexity index is 225. The predicted octanol–water partition coefficient (Wildman–Crippen LogP) is 2.84. The van der Waals surface area contributed by atoms with E-state index in [0.29, 0.717) is 0 Å². The van der Waals surface area contributed by atoms with E-state index >= 15 is 0 Å². The summed E-state index contributed by atoms with van der Waals surface area (Å²) in [7, 11) is 0. The second-order valence-corrected chi connectivity index (χ2v) is 6.46. The first-order valence-electron chi connectivity index (χ1n) is 7.60. The summed E-state index contributed by atoms with van der Waals surface area (Å²) in [5.74, 6) is 1.92. The molecule has 0 bridgehead atoms. The highest BCUT2D eigenvalue weighted by atomic mass is 15.2. The molecule has 0 radical (unpaired) electrons. The van der Waals surface area contributed by atoms with Gasteiger partial charge in [0.05, 0.1) is 0 Å². The highest BCUT2D eigenvalue weighted by Gasteiger charge is 2.36. The van der Waals surface area contributed by atoms with Crippen LogP contribution in [0, 0.1) is 11.8 Å². The molecule has 0 aromatic rings. The van der Waals surface area contributed by atoms with Gasteiger partial charge in [-0.3, -0.25) is 4.90 Å². The van der Waals surface area contributed by atoms with Crippen molar-refractivity contribution in [3.63, 3.8) is 0 Å². The van der Waals surface area contributed by atoms with Gasteiger partial charge in [-0.15, -0.1) is 0 Å². The lowest BCUT2D eigenvalue weighted by Crippen LogP contribution is -2.57. The van der Waals surface area contributed by atoms with Crippen LogP contribution in [0.4, 0.5) is 0 Å². The Hall–Kier alpha value is -0.0800. The molecule has 0 saturated carbocycles. The van der Waals surface area contributed by atoms with Crippen molar-refractivity contribution in [1.82, 2.24) is 9.80 Å². The van der Waals surface area contributed by atoms with Crippen molar-refractivity contribution < 1.29 is 0 Å². The molecule has 1 unspecified atom stereocenters. The van der Waals surface area contributed by atoms with Gasteiger partial charge in [0.1, 0.15) is 0 Å². The quantitative estimate of drug-likeness (QED) is 0.743. The van der Waals surface area contributed by atoms with Gasteiger partial charge in [0, 0.05) is 25.2 Å². The van der Waals surface area contributed by atoms with Gasteiger partial charge in [0.2, 0.25) is 0 Å². The van der Waals surface area contributed by atoms with Gasteiger partial charge < -0.3 is 4.90 Å². The van der Waals surface area contributed by atoms with Gasteiger partial charge >= 0.3 is 0 Å². The van der Waals surface area contributed by atoms with Crippen molar-refractivity contribution in [2.24, 2.45) is 11.8 Å². The van der Waals surface area contributed by atoms with Crippen molar-refractivity contribution in [3.8, 4) is 0 Å². The number of nitrogens with zero attached hydrogens (tertiary/aromatic N) is 2. The fraction of sp³-hybridized carbons (Fsp3) is 1.00. The summed E-state index contributed by atoms with van der Waals surface area (Å²) in [5, 5.41) is 0. The lowest BCUT2D eigenvalue weighted by atomic mass is 9.83. The monoisotopic (exact) mass is 238 g/mol. The first-order valence-corrected chi connectivity index (χ1v) is 7.60. The van der Waals surface area contributed by atoms with Crippen LogP contribution in [-0.2, 0) is 0 Å². The van der Waals surface area contributed by atoms with Crippen molar-refractivity contribution in [1.29, 1.82) is 0 Å². The largest absolute Gasteiger partial charge is 0.301 e. The van der Waals surface area contributed by atoms with Crippen LogP contribution in [0.5, 0.6) is 0 Å². The zero-order chi connectivity index (χ0) is 12.4. The average Bonchev–Trinajstić information content (AvgIpc) is 2.27. The Morgan fingerprint density at radius 2 is 1.65 bits per heavy atom. The second-order valence-electron chi connectivity index (χ2n) is 6.46. The molecule has 2 aliphatic rings. The summed E-state index contributed by atoms with van der Waals surface area (Å²) >= 11 is 0. The van der Waals surface area contributed by atoms with Crippen LogP contribution >= 0.6 is 0 Å². The minimum Gasteiger partial charge on any atom is -0.301 e. The number of hydrogen-bond acceptors (Lipinski definition) is 2. The standard InChI is InChI=1S/C15H30N2/c1-5-13(4)14-10-17(11-14)15-6-8-16(9-7-15)12(2)3/h12-15H,5-11H2,1-4H3. The molecule has 2 heteroatoms. The number of piperidine rings is 1. The molecule has 1 atom stereocenters. The molecule has 2 aliphatic heterocycles. The molecule has 0 aromatic heterocycles. The Balaban J connectivity index is 1.70. The molecule has 0 spiro atoms. The van der Waals surface area contributed by atoms with E-state index in [1.165, 1.54) is 45.4 Å². The Morgan fingerprint density at radius 3 is 2.12 bits per heavy atom. The summed E-state index contributed by atoms with van der Waals surface area (Å²) in [6, 6.07) is 1.63. The van der Waals surface area contributed by atoms with E-state index in [4.69, 9.17) is 0 Å². The fourth-order valence-corrected chi connectivity index (χ4v) is 3.31. The zero-order valence-corrected chi connectivity index (χ0v) is 12.2. The van der Waals surface area contributed by atoms with E-state index in [9.17, 15) is 0 Å². The highest BCUT2D eigenvalue weighted by Crippen LogP contribution is 2.30. The van der Waals surface area contributed by atoms with Crippen LogP contribution in [0.15, 0.2) is 0 Å². The maximum absolute atomic E-state index is 2.74. The molecule has 0 aromatic carbocycles. The zero-order valence-electron chi connectivity index (χ0n) is 12.2. The maximum Gasteiger partial charge on any atom is 0.0120 e. The van der Waals surface area contributed by atoms with Crippen molar-refractivity contribution in [3.05, 3.63) is 0 Å². The number of likely N-dealkylation sites (tertiary alicyclic amines) is 2. The van der Waals surface area contributed by atoms with Crippen LogP contribution in [0.25, 0.3) is 0 Å². The Kier molecular flexibility index (Phi) is 4.48. The molecular formula is C15H30N2. The molecule has 0 amide bonds. The smallest absolute Gasteiger partial charge is 0.0120 e. The van der Waals surface area contributed by atoms with E-state index in [0.717, 1.165) is 23.9 Å². The van der Waals surface area contributed by atoms with E-state index < -0.39 is 0 Å². The predicted molar refractivity (Wildman–Crippen MR) is 74.2 cm³/mol. The molecule has 0 aliphatic carbocycles. The van der Waals surface area contributed by atoms with Crippen LogP contribution < -0.4 is 0 Å². The lowest BCUT2D eigenvalue weighted by molar-refractivity contribution is -0.00624. The molecular weight excluding hydrogens is 208 g/mol. The molecule has 17 heavy (non-hydrogen) atoms. The normalized spacial score (nSPS) is 27.4. The minimum absolute atomic E-state index is 0.736. The Labute approximate surface area is 107 Å². The third-order valence-corrected chi connectivity index (χ3v) is 5.13. The van der Waals surface area contributed by atoms with Crippen LogP contribution in [0.2, 0.25) is 0 Å². The van der Waals surface area contributed by atoms with Crippen LogP contribution in [0.1, 0.15) is 47.0 Å². The lowest BCUT2D eigenvalue weighted by Gasteiger charge is -2.49. The summed E-state index contributed by atoms with van der Waals surface area (Å²) in [4.78, 5) is 5.37. The van der Waals surface area contributed by atoms with Gasteiger partial charge in [0.15, 0.2) is 0 Å². The SMILES string of the molecule is CCC(C)C1CN(C2CCN(C(C)C)CC2)C1. The topological polar surface area (TPSA) is 6.48 Å². The maximum atomic E-state index is 2.74. The van der Waals surface area contributed by atoms with Gasteiger partial charge in [-0.25, -0.2) is 0 Å². The van der Waals surface area contributed by atoms with Gasteiger partial charge in [0.25, 0.3) is 0 Å². The summed E-state index contributed by atoms with van der Waals surface area (Å²) in [5.41, 5.74) is 0. The second kappa shape index (κ2) is 5.71. The van der Waals surface area contributed by atoms with Crippen molar-refractivity contribution in [2.45, 2.75) is 59.0 Å². The first kappa shape index (κ1) is 13.4. The first-order chi connectivity index (χ1) is 8.11. The number of hydrogen-bond donors (Lipinski definition) is 0. The molecule has 2 nitrogen and oxygen atoms in total. The van der Waals surface area contributed by atoms with E-state index in [-0.39, 0.29) is 0 Å². The third-order valence-electron chi connectivity index (χ3n) is 5.13. The molecule has 2 rings (SSSR count). The highest BCUT2D eigenvalue weighted by molar-refractivity contribution is 4.90. The van der Waals surface area contributed by atoms with E-state index in [1.807, 2.05) is 0 Å². The van der Waals surface area contributed by atoms with Crippen molar-refractivity contribution >= 4 is 0 Å². The van der Waals surface area contributed by atoms with Gasteiger partial charge in [-0.2, -0.15) is 0 Å². The van der Waals surface area contributed by atoms with Gasteiger partial charge in [-0.1, -0.05) is 20.3 Å². The van der Waals surface area contributed by atoms with E-state index in [1.54, 1.807) is 0 Å². The third kappa shape index (κ3) is 3.03. The van der Waals surface area contributed by atoms with Gasteiger partial charge in [-0.05, 0) is 51.6 Å². The molecule has 2 fully saturated rings. The number of rotatable bonds is 4. The van der Waals surface area contributed by atoms with Crippen molar-refractivity contribution in [2.75, 3.05) is 26.2 Å². The Morgan fingerprint density at radius 1 is 1.06 bits per heavy atom. The molecule has 2 saturated heterocycles. The van der Waals surface area contributed by atoms with Crippen LogP contribution in [0.3, 0.4) is 0 Å². The van der Waals surface area contributed by atoms with Crippen LogP contribution in [-0.4, -0.2) is 48.1 Å². The fourth-order valence-electron chi connectivity index (χ4n) is 3.31. The summed E-state index contributed by atoms with van der Waals surface area (Å²) in [6.07, 6.45) is 4.14. The average molecular weight is 238 g/mol. The molecule has 2 heterocycles.